The maximum Gasteiger partial charge on any atom is 0.133 e. The number of unbranched alkanes of at least 4 members (excludes halogenated alkanes) is 1. The first-order valence-corrected chi connectivity index (χ1v) is 5.81. The van der Waals surface area contributed by atoms with Crippen LogP contribution in [0, 0.1) is 6.92 Å². The predicted molar refractivity (Wildman–Crippen MR) is 64.3 cm³/mol. The molecule has 2 rings (SSSR count). The second-order valence-electron chi connectivity index (χ2n) is 4.12. The summed E-state index contributed by atoms with van der Waals surface area (Å²) in [4.78, 5) is 0. The van der Waals surface area contributed by atoms with Crippen LogP contribution in [-0.4, -0.2) is 5.16 Å². The van der Waals surface area contributed by atoms with Gasteiger partial charge in [-0.15, -0.1) is 0 Å². The van der Waals surface area contributed by atoms with Crippen LogP contribution in [0.1, 0.15) is 29.9 Å². The Hall–Kier alpha value is -1.57. The van der Waals surface area contributed by atoms with Crippen molar-refractivity contribution >= 4 is 0 Å². The summed E-state index contributed by atoms with van der Waals surface area (Å²) in [5, 5.41) is 3.99. The Morgan fingerprint density at radius 1 is 1.06 bits per heavy atom. The highest BCUT2D eigenvalue weighted by Crippen LogP contribution is 2.09. The van der Waals surface area contributed by atoms with Gasteiger partial charge in [0, 0.05) is 6.07 Å². The van der Waals surface area contributed by atoms with Gasteiger partial charge in [-0.2, -0.15) is 0 Å². The van der Waals surface area contributed by atoms with Gasteiger partial charge in [-0.3, -0.25) is 0 Å². The van der Waals surface area contributed by atoms with Crippen molar-refractivity contribution in [1.82, 2.24) is 5.16 Å². The van der Waals surface area contributed by atoms with Gasteiger partial charge in [-0.1, -0.05) is 35.5 Å². The maximum absolute atomic E-state index is 5.03. The molecule has 0 radical (unpaired) electrons. The van der Waals surface area contributed by atoms with Crippen molar-refractivity contribution in [3.63, 3.8) is 0 Å². The number of aromatic nitrogens is 1. The fraction of sp³-hybridized carbons (Fsp3) is 0.357. The fourth-order valence-corrected chi connectivity index (χ4v) is 1.82. The second kappa shape index (κ2) is 5.50. The first-order chi connectivity index (χ1) is 7.84. The SMILES string of the molecule is Cc1cc(CCCCc2ccccc2)no1. The first-order valence-electron chi connectivity index (χ1n) is 5.81. The average molecular weight is 215 g/mol. The van der Waals surface area contributed by atoms with Gasteiger partial charge in [-0.05, 0) is 38.2 Å². The van der Waals surface area contributed by atoms with E-state index in [1.54, 1.807) is 0 Å². The standard InChI is InChI=1S/C14H17NO/c1-12-11-14(15-16-12)10-6-5-9-13-7-3-2-4-8-13/h2-4,7-8,11H,5-6,9-10H2,1H3. The number of hydrogen-bond acceptors (Lipinski definition) is 2. The molecule has 0 bridgehead atoms. The van der Waals surface area contributed by atoms with E-state index in [4.69, 9.17) is 4.52 Å². The van der Waals surface area contributed by atoms with Crippen molar-refractivity contribution in [3.05, 3.63) is 53.4 Å². The van der Waals surface area contributed by atoms with E-state index in [1.807, 2.05) is 13.0 Å². The zero-order valence-electron chi connectivity index (χ0n) is 9.65. The molecule has 0 spiro atoms. The Morgan fingerprint density at radius 3 is 2.50 bits per heavy atom. The highest BCUT2D eigenvalue weighted by molar-refractivity contribution is 5.14. The molecule has 0 aliphatic rings. The Balaban J connectivity index is 1.69. The van der Waals surface area contributed by atoms with Crippen molar-refractivity contribution in [2.45, 2.75) is 32.6 Å². The molecule has 0 saturated heterocycles. The molecule has 0 N–H and O–H groups in total. The minimum absolute atomic E-state index is 0.901. The molecule has 0 aliphatic carbocycles. The summed E-state index contributed by atoms with van der Waals surface area (Å²) < 4.78 is 5.03. The first kappa shape index (κ1) is 10.9. The van der Waals surface area contributed by atoms with Crippen molar-refractivity contribution in [1.29, 1.82) is 0 Å². The Labute approximate surface area is 96.3 Å². The lowest BCUT2D eigenvalue weighted by Gasteiger charge is -1.99. The molecule has 0 aliphatic heterocycles. The zero-order chi connectivity index (χ0) is 11.2. The minimum Gasteiger partial charge on any atom is -0.361 e. The van der Waals surface area contributed by atoms with Gasteiger partial charge in [-0.25, -0.2) is 0 Å². The molecule has 16 heavy (non-hydrogen) atoms. The summed E-state index contributed by atoms with van der Waals surface area (Å²) in [6.07, 6.45) is 4.54. The molecule has 0 saturated carbocycles. The lowest BCUT2D eigenvalue weighted by atomic mass is 10.1. The van der Waals surface area contributed by atoms with Crippen LogP contribution in [0.5, 0.6) is 0 Å². The highest BCUT2D eigenvalue weighted by atomic mass is 16.5. The number of benzene rings is 1. The molecule has 2 aromatic rings. The van der Waals surface area contributed by atoms with Crippen LogP contribution in [0.15, 0.2) is 40.9 Å². The van der Waals surface area contributed by atoms with E-state index >= 15 is 0 Å². The topological polar surface area (TPSA) is 26.0 Å². The van der Waals surface area contributed by atoms with Crippen LogP contribution in [0.4, 0.5) is 0 Å². The van der Waals surface area contributed by atoms with Crippen molar-refractivity contribution in [2.24, 2.45) is 0 Å². The molecule has 1 heterocycles. The van der Waals surface area contributed by atoms with Gasteiger partial charge in [0.25, 0.3) is 0 Å². The lowest BCUT2D eigenvalue weighted by molar-refractivity contribution is 0.389. The van der Waals surface area contributed by atoms with E-state index in [1.165, 1.54) is 18.4 Å². The molecular weight excluding hydrogens is 198 g/mol. The summed E-state index contributed by atoms with van der Waals surface area (Å²) in [7, 11) is 0. The maximum atomic E-state index is 5.03. The summed E-state index contributed by atoms with van der Waals surface area (Å²) in [5.74, 6) is 0.901. The second-order valence-corrected chi connectivity index (χ2v) is 4.12. The molecule has 2 nitrogen and oxygen atoms in total. The zero-order valence-corrected chi connectivity index (χ0v) is 9.65. The highest BCUT2D eigenvalue weighted by Gasteiger charge is 1.99. The summed E-state index contributed by atoms with van der Waals surface area (Å²) >= 11 is 0. The average Bonchev–Trinajstić information content (AvgIpc) is 2.72. The molecule has 0 atom stereocenters. The molecule has 0 unspecified atom stereocenters. The van der Waals surface area contributed by atoms with Crippen LogP contribution in [0.25, 0.3) is 0 Å². The van der Waals surface area contributed by atoms with E-state index in [-0.39, 0.29) is 0 Å². The van der Waals surface area contributed by atoms with Crippen LogP contribution in [-0.2, 0) is 12.8 Å². The van der Waals surface area contributed by atoms with Crippen LogP contribution >= 0.6 is 0 Å². The quantitative estimate of drug-likeness (QED) is 0.713. The van der Waals surface area contributed by atoms with E-state index in [9.17, 15) is 0 Å². The third-order valence-electron chi connectivity index (χ3n) is 2.67. The molecule has 84 valence electrons. The van der Waals surface area contributed by atoms with Crippen molar-refractivity contribution < 1.29 is 4.52 Å². The van der Waals surface area contributed by atoms with Gasteiger partial charge >= 0.3 is 0 Å². The predicted octanol–water partition coefficient (Wildman–Crippen LogP) is 3.55. The van der Waals surface area contributed by atoms with Gasteiger partial charge in [0.2, 0.25) is 0 Å². The molecular formula is C14H17NO. The normalized spacial score (nSPS) is 10.6. The van der Waals surface area contributed by atoms with E-state index in [2.05, 4.69) is 35.5 Å². The Bertz CT molecular complexity index is 419. The fourth-order valence-electron chi connectivity index (χ4n) is 1.82. The summed E-state index contributed by atoms with van der Waals surface area (Å²) in [5.41, 5.74) is 2.49. The number of rotatable bonds is 5. The van der Waals surface area contributed by atoms with E-state index in [0.29, 0.717) is 0 Å². The van der Waals surface area contributed by atoms with Crippen LogP contribution in [0.3, 0.4) is 0 Å². The summed E-state index contributed by atoms with van der Waals surface area (Å²) in [6, 6.07) is 12.6. The monoisotopic (exact) mass is 215 g/mol. The van der Waals surface area contributed by atoms with Gasteiger partial charge in [0.1, 0.15) is 5.76 Å². The lowest BCUT2D eigenvalue weighted by Crippen LogP contribution is -1.89. The Morgan fingerprint density at radius 2 is 1.81 bits per heavy atom. The van der Waals surface area contributed by atoms with E-state index < -0.39 is 0 Å². The summed E-state index contributed by atoms with van der Waals surface area (Å²) in [6.45, 7) is 1.93. The van der Waals surface area contributed by atoms with E-state index in [0.717, 1.165) is 24.3 Å². The number of hydrogen-bond donors (Lipinski definition) is 0. The third kappa shape index (κ3) is 3.23. The van der Waals surface area contributed by atoms with Crippen LogP contribution < -0.4 is 0 Å². The smallest absolute Gasteiger partial charge is 0.133 e. The molecule has 1 aromatic carbocycles. The van der Waals surface area contributed by atoms with Gasteiger partial charge in [0.15, 0.2) is 0 Å². The number of nitrogens with zero attached hydrogens (tertiary/aromatic N) is 1. The molecule has 0 fully saturated rings. The van der Waals surface area contributed by atoms with Gasteiger partial charge < -0.3 is 4.52 Å². The van der Waals surface area contributed by atoms with Crippen molar-refractivity contribution in [3.8, 4) is 0 Å². The largest absolute Gasteiger partial charge is 0.361 e. The molecule has 1 aromatic heterocycles. The number of aryl methyl sites for hydroxylation is 3. The third-order valence-corrected chi connectivity index (χ3v) is 2.67. The molecule has 2 heteroatoms. The minimum atomic E-state index is 0.901. The molecule has 0 amide bonds. The van der Waals surface area contributed by atoms with Crippen molar-refractivity contribution in [2.75, 3.05) is 0 Å². The van der Waals surface area contributed by atoms with Crippen LogP contribution in [0.2, 0.25) is 0 Å². The van der Waals surface area contributed by atoms with Gasteiger partial charge in [0.05, 0.1) is 5.69 Å². The Kier molecular flexibility index (Phi) is 3.76.